The zero-order valence-corrected chi connectivity index (χ0v) is 13.3. The van der Waals surface area contributed by atoms with Crippen LogP contribution in [0, 0.1) is 0 Å². The Bertz CT molecular complexity index is 417. The summed E-state index contributed by atoms with van der Waals surface area (Å²) in [5, 5.41) is 12.4. The Balaban J connectivity index is 2.40. The highest BCUT2D eigenvalue weighted by Crippen LogP contribution is 2.13. The maximum absolute atomic E-state index is 11.2. The van der Waals surface area contributed by atoms with E-state index in [1.54, 1.807) is 7.11 Å². The predicted molar refractivity (Wildman–Crippen MR) is 84.9 cm³/mol. The van der Waals surface area contributed by atoms with Crippen molar-refractivity contribution in [3.8, 4) is 5.75 Å². The Morgan fingerprint density at radius 3 is 2.48 bits per heavy atom. The summed E-state index contributed by atoms with van der Waals surface area (Å²) in [4.78, 5) is 11.2. The second kappa shape index (κ2) is 9.40. The van der Waals surface area contributed by atoms with Crippen molar-refractivity contribution in [3.05, 3.63) is 29.8 Å². The number of hydrogen-bond acceptors (Lipinski definition) is 3. The summed E-state index contributed by atoms with van der Waals surface area (Å²) >= 11 is 0. The maximum atomic E-state index is 11.2. The number of aliphatic carboxylic acids is 1. The molecule has 1 aromatic rings. The molecule has 0 heterocycles. The average molecular weight is 293 g/mol. The van der Waals surface area contributed by atoms with Crippen LogP contribution in [0.3, 0.4) is 0 Å². The predicted octanol–water partition coefficient (Wildman–Crippen LogP) is 3.25. The monoisotopic (exact) mass is 293 g/mol. The van der Waals surface area contributed by atoms with E-state index in [1.807, 2.05) is 19.1 Å². The molecule has 0 spiro atoms. The van der Waals surface area contributed by atoms with Crippen LogP contribution in [0.25, 0.3) is 0 Å². The van der Waals surface area contributed by atoms with Crippen molar-refractivity contribution in [3.63, 3.8) is 0 Å². The average Bonchev–Trinajstić information content (AvgIpc) is 2.49. The molecule has 0 saturated heterocycles. The minimum Gasteiger partial charge on any atom is -0.497 e. The van der Waals surface area contributed by atoms with E-state index in [1.165, 1.54) is 5.56 Å². The van der Waals surface area contributed by atoms with Gasteiger partial charge in [0.05, 0.1) is 7.11 Å². The second-order valence-electron chi connectivity index (χ2n) is 5.49. The number of carboxylic acid groups (broad SMARTS) is 1. The number of ether oxygens (including phenoxy) is 1. The highest BCUT2D eigenvalue weighted by Gasteiger charge is 2.18. The van der Waals surface area contributed by atoms with Crippen molar-refractivity contribution in [1.82, 2.24) is 5.32 Å². The third kappa shape index (κ3) is 6.63. The molecule has 1 rings (SSSR count). The summed E-state index contributed by atoms with van der Waals surface area (Å²) in [5.74, 6) is 0.107. The molecule has 2 unspecified atom stereocenters. The Kier molecular flexibility index (Phi) is 7.83. The Hall–Kier alpha value is -1.55. The summed E-state index contributed by atoms with van der Waals surface area (Å²) in [5.41, 5.74) is 1.24. The number of methoxy groups -OCH3 is 1. The van der Waals surface area contributed by atoms with E-state index in [0.717, 1.165) is 31.4 Å². The minimum absolute atomic E-state index is 0.185. The Morgan fingerprint density at radius 2 is 1.95 bits per heavy atom. The lowest BCUT2D eigenvalue weighted by molar-refractivity contribution is -0.139. The lowest BCUT2D eigenvalue weighted by atomic mass is 10.0. The summed E-state index contributed by atoms with van der Waals surface area (Å²) in [6.07, 6.45) is 4.50. The minimum atomic E-state index is -0.750. The molecule has 0 aliphatic heterocycles. The SMILES string of the molecule is CCCCC(NC(C)CCc1ccc(OC)cc1)C(=O)O. The van der Waals surface area contributed by atoms with E-state index >= 15 is 0 Å². The van der Waals surface area contributed by atoms with Gasteiger partial charge in [-0.05, 0) is 43.9 Å². The second-order valence-corrected chi connectivity index (χ2v) is 5.49. The normalized spacial score (nSPS) is 13.7. The Morgan fingerprint density at radius 1 is 1.29 bits per heavy atom. The number of rotatable bonds is 10. The fourth-order valence-electron chi connectivity index (χ4n) is 2.29. The van der Waals surface area contributed by atoms with Crippen LogP contribution in [-0.2, 0) is 11.2 Å². The summed E-state index contributed by atoms with van der Waals surface area (Å²) in [6, 6.07) is 7.76. The van der Waals surface area contributed by atoms with Gasteiger partial charge in [-0.15, -0.1) is 0 Å². The van der Waals surface area contributed by atoms with E-state index in [2.05, 4.69) is 24.4 Å². The molecule has 0 aromatic heterocycles. The van der Waals surface area contributed by atoms with Gasteiger partial charge in [0.25, 0.3) is 0 Å². The van der Waals surface area contributed by atoms with E-state index in [0.29, 0.717) is 6.42 Å². The molecule has 0 amide bonds. The standard InChI is InChI=1S/C17H27NO3/c1-4-5-6-16(17(19)20)18-13(2)7-8-14-9-11-15(21-3)12-10-14/h9-13,16,18H,4-8H2,1-3H3,(H,19,20). The molecule has 4 nitrogen and oxygen atoms in total. The van der Waals surface area contributed by atoms with Gasteiger partial charge in [0.15, 0.2) is 0 Å². The van der Waals surface area contributed by atoms with Gasteiger partial charge in [-0.1, -0.05) is 31.9 Å². The van der Waals surface area contributed by atoms with Crippen molar-refractivity contribution >= 4 is 5.97 Å². The largest absolute Gasteiger partial charge is 0.497 e. The third-order valence-corrected chi connectivity index (χ3v) is 3.66. The number of carbonyl (C=O) groups is 1. The van der Waals surface area contributed by atoms with Gasteiger partial charge in [-0.25, -0.2) is 0 Å². The van der Waals surface area contributed by atoms with Gasteiger partial charge in [-0.3, -0.25) is 4.79 Å². The summed E-state index contributed by atoms with van der Waals surface area (Å²) in [7, 11) is 1.66. The molecule has 2 N–H and O–H groups in total. The summed E-state index contributed by atoms with van der Waals surface area (Å²) < 4.78 is 5.13. The van der Waals surface area contributed by atoms with Gasteiger partial charge in [0.1, 0.15) is 11.8 Å². The fourth-order valence-corrected chi connectivity index (χ4v) is 2.29. The van der Waals surface area contributed by atoms with Crippen molar-refractivity contribution in [2.24, 2.45) is 0 Å². The highest BCUT2D eigenvalue weighted by molar-refractivity contribution is 5.73. The van der Waals surface area contributed by atoms with Crippen molar-refractivity contribution in [1.29, 1.82) is 0 Å². The third-order valence-electron chi connectivity index (χ3n) is 3.66. The number of unbranched alkanes of at least 4 members (excludes halogenated alkanes) is 1. The zero-order chi connectivity index (χ0) is 15.7. The lowest BCUT2D eigenvalue weighted by Gasteiger charge is -2.20. The van der Waals surface area contributed by atoms with Crippen LogP contribution in [-0.4, -0.2) is 30.3 Å². The Labute approximate surface area is 127 Å². The van der Waals surface area contributed by atoms with Crippen LogP contribution in [0.1, 0.15) is 45.1 Å². The van der Waals surface area contributed by atoms with Gasteiger partial charge in [-0.2, -0.15) is 0 Å². The van der Waals surface area contributed by atoms with E-state index in [-0.39, 0.29) is 6.04 Å². The first-order chi connectivity index (χ1) is 10.1. The molecule has 0 aliphatic carbocycles. The van der Waals surface area contributed by atoms with Crippen molar-refractivity contribution in [2.45, 2.75) is 58.0 Å². The topological polar surface area (TPSA) is 58.6 Å². The van der Waals surface area contributed by atoms with Gasteiger partial charge >= 0.3 is 5.97 Å². The molecule has 4 heteroatoms. The molecule has 0 bridgehead atoms. The van der Waals surface area contributed by atoms with E-state index < -0.39 is 12.0 Å². The van der Waals surface area contributed by atoms with E-state index in [9.17, 15) is 9.90 Å². The van der Waals surface area contributed by atoms with Crippen LogP contribution in [0.15, 0.2) is 24.3 Å². The molecule has 0 radical (unpaired) electrons. The molecule has 0 saturated carbocycles. The van der Waals surface area contributed by atoms with Gasteiger partial charge in [0, 0.05) is 6.04 Å². The van der Waals surface area contributed by atoms with Crippen LogP contribution in [0.2, 0.25) is 0 Å². The molecule has 1 aromatic carbocycles. The van der Waals surface area contributed by atoms with Crippen LogP contribution in [0.5, 0.6) is 5.75 Å². The first kappa shape index (κ1) is 17.5. The number of benzene rings is 1. The first-order valence-corrected chi connectivity index (χ1v) is 7.68. The fraction of sp³-hybridized carbons (Fsp3) is 0.588. The number of hydrogen-bond donors (Lipinski definition) is 2. The quantitative estimate of drug-likeness (QED) is 0.695. The summed E-state index contributed by atoms with van der Waals surface area (Å²) in [6.45, 7) is 4.12. The molecule has 0 fully saturated rings. The molecular weight excluding hydrogens is 266 g/mol. The number of nitrogens with one attached hydrogen (secondary N) is 1. The van der Waals surface area contributed by atoms with Crippen molar-refractivity contribution < 1.29 is 14.6 Å². The van der Waals surface area contributed by atoms with Crippen LogP contribution >= 0.6 is 0 Å². The highest BCUT2D eigenvalue weighted by atomic mass is 16.5. The maximum Gasteiger partial charge on any atom is 0.320 e. The van der Waals surface area contributed by atoms with Crippen molar-refractivity contribution in [2.75, 3.05) is 7.11 Å². The van der Waals surface area contributed by atoms with Crippen LogP contribution in [0.4, 0.5) is 0 Å². The molecule has 0 aliphatic rings. The number of aryl methyl sites for hydroxylation is 1. The zero-order valence-electron chi connectivity index (χ0n) is 13.3. The number of carboxylic acids is 1. The van der Waals surface area contributed by atoms with E-state index in [4.69, 9.17) is 4.74 Å². The molecule has 2 atom stereocenters. The van der Waals surface area contributed by atoms with Crippen LogP contribution < -0.4 is 10.1 Å². The molecule has 21 heavy (non-hydrogen) atoms. The van der Waals surface area contributed by atoms with Gasteiger partial charge < -0.3 is 15.2 Å². The molecule has 118 valence electrons. The smallest absolute Gasteiger partial charge is 0.320 e. The molecular formula is C17H27NO3. The first-order valence-electron chi connectivity index (χ1n) is 7.68. The lowest BCUT2D eigenvalue weighted by Crippen LogP contribution is -2.42. The van der Waals surface area contributed by atoms with Gasteiger partial charge in [0.2, 0.25) is 0 Å².